The standard InChI is InChI=1S/C7H8N2.H2/c1-2-6-4-3-5-9-7(6)8;/h2-5H,1H2,(H2,8,9);1H. The molecule has 1 aromatic heterocycles. The maximum absolute atomic E-state index is 5.45. The van der Waals surface area contributed by atoms with Crippen molar-refractivity contribution < 1.29 is 1.43 Å². The fraction of sp³-hybridized carbons (Fsp3) is 0. The fourth-order valence-corrected chi connectivity index (χ4v) is 0.603. The van der Waals surface area contributed by atoms with Gasteiger partial charge in [0.2, 0.25) is 0 Å². The molecule has 1 heterocycles. The van der Waals surface area contributed by atoms with E-state index in [2.05, 4.69) is 11.6 Å². The maximum Gasteiger partial charge on any atom is 0.130 e. The van der Waals surface area contributed by atoms with Crippen molar-refractivity contribution in [2.75, 3.05) is 5.73 Å². The number of aromatic nitrogens is 1. The molecule has 0 aliphatic heterocycles. The quantitative estimate of drug-likeness (QED) is 0.613. The normalized spacial score (nSPS) is 8.89. The Kier molecular flexibility index (Phi) is 1.49. The summed E-state index contributed by atoms with van der Waals surface area (Å²) in [6.07, 6.45) is 3.34. The highest BCUT2D eigenvalue weighted by molar-refractivity contribution is 5.58. The Hall–Kier alpha value is -1.31. The molecule has 2 N–H and O–H groups in total. The van der Waals surface area contributed by atoms with Gasteiger partial charge >= 0.3 is 0 Å². The Morgan fingerprint density at radius 2 is 2.56 bits per heavy atom. The van der Waals surface area contributed by atoms with Gasteiger partial charge in [0.05, 0.1) is 0 Å². The zero-order chi connectivity index (χ0) is 6.69. The molecular formula is C7H10N2. The third-order valence-corrected chi connectivity index (χ3v) is 1.09. The lowest BCUT2D eigenvalue weighted by atomic mass is 10.2. The number of rotatable bonds is 1. The van der Waals surface area contributed by atoms with Crippen molar-refractivity contribution in [3.8, 4) is 0 Å². The molecule has 0 fully saturated rings. The van der Waals surface area contributed by atoms with Crippen LogP contribution in [0.25, 0.3) is 6.08 Å². The van der Waals surface area contributed by atoms with Crippen molar-refractivity contribution in [1.29, 1.82) is 0 Å². The summed E-state index contributed by atoms with van der Waals surface area (Å²) in [5.41, 5.74) is 6.34. The largest absolute Gasteiger partial charge is 0.383 e. The van der Waals surface area contributed by atoms with Crippen molar-refractivity contribution >= 4 is 11.9 Å². The van der Waals surface area contributed by atoms with Crippen molar-refractivity contribution in [2.45, 2.75) is 0 Å². The van der Waals surface area contributed by atoms with Gasteiger partial charge in [-0.3, -0.25) is 0 Å². The highest BCUT2D eigenvalue weighted by atomic mass is 14.8. The molecule has 1 rings (SSSR count). The topological polar surface area (TPSA) is 38.9 Å². The molecule has 2 nitrogen and oxygen atoms in total. The fourth-order valence-electron chi connectivity index (χ4n) is 0.603. The molecule has 0 radical (unpaired) electrons. The number of hydrogen-bond donors (Lipinski definition) is 1. The Bertz CT molecular complexity index is 223. The second kappa shape index (κ2) is 2.31. The first kappa shape index (κ1) is 5.82. The van der Waals surface area contributed by atoms with Crippen LogP contribution in [0.15, 0.2) is 24.9 Å². The molecule has 0 atom stereocenters. The Morgan fingerprint density at radius 1 is 1.78 bits per heavy atom. The number of hydrogen-bond acceptors (Lipinski definition) is 2. The van der Waals surface area contributed by atoms with Gasteiger partial charge in [-0.15, -0.1) is 0 Å². The number of nitrogen functional groups attached to an aromatic ring is 1. The molecule has 9 heavy (non-hydrogen) atoms. The van der Waals surface area contributed by atoms with E-state index in [4.69, 9.17) is 5.73 Å². The molecule has 1 aromatic rings. The average Bonchev–Trinajstić information content (AvgIpc) is 1.89. The minimum atomic E-state index is 0. The van der Waals surface area contributed by atoms with E-state index in [0.29, 0.717) is 5.82 Å². The van der Waals surface area contributed by atoms with Gasteiger partial charge in [-0.1, -0.05) is 12.7 Å². The lowest BCUT2D eigenvalue weighted by Gasteiger charge is -1.94. The van der Waals surface area contributed by atoms with E-state index in [1.807, 2.05) is 12.1 Å². The Balaban J connectivity index is 0.000000810. The number of pyridine rings is 1. The van der Waals surface area contributed by atoms with E-state index in [0.717, 1.165) is 5.56 Å². The molecule has 2 heteroatoms. The van der Waals surface area contributed by atoms with E-state index in [-0.39, 0.29) is 1.43 Å². The molecule has 0 spiro atoms. The summed E-state index contributed by atoms with van der Waals surface area (Å²) in [5, 5.41) is 0. The van der Waals surface area contributed by atoms with Crippen molar-refractivity contribution in [1.82, 2.24) is 4.98 Å². The predicted molar refractivity (Wildman–Crippen MR) is 40.9 cm³/mol. The van der Waals surface area contributed by atoms with E-state index in [1.165, 1.54) is 0 Å². The van der Waals surface area contributed by atoms with Crippen molar-refractivity contribution in [2.24, 2.45) is 0 Å². The van der Waals surface area contributed by atoms with Crippen LogP contribution in [0.5, 0.6) is 0 Å². The molecule has 0 aromatic carbocycles. The van der Waals surface area contributed by atoms with E-state index >= 15 is 0 Å². The number of anilines is 1. The van der Waals surface area contributed by atoms with E-state index in [9.17, 15) is 0 Å². The first-order valence-electron chi connectivity index (χ1n) is 2.67. The lowest BCUT2D eigenvalue weighted by molar-refractivity contribution is 1.33. The molecular weight excluding hydrogens is 112 g/mol. The van der Waals surface area contributed by atoms with Gasteiger partial charge in [0.25, 0.3) is 0 Å². The summed E-state index contributed by atoms with van der Waals surface area (Å²) < 4.78 is 0. The van der Waals surface area contributed by atoms with Crippen molar-refractivity contribution in [3.05, 3.63) is 30.5 Å². The predicted octanol–water partition coefficient (Wildman–Crippen LogP) is 1.55. The zero-order valence-electron chi connectivity index (χ0n) is 5.04. The first-order valence-corrected chi connectivity index (χ1v) is 2.67. The van der Waals surface area contributed by atoms with Gasteiger partial charge < -0.3 is 5.73 Å². The lowest BCUT2D eigenvalue weighted by Crippen LogP contribution is -1.91. The summed E-state index contributed by atoms with van der Waals surface area (Å²) in [6.45, 7) is 3.57. The minimum Gasteiger partial charge on any atom is -0.383 e. The zero-order valence-corrected chi connectivity index (χ0v) is 5.04. The van der Waals surface area contributed by atoms with Crippen LogP contribution in [-0.2, 0) is 0 Å². The smallest absolute Gasteiger partial charge is 0.130 e. The van der Waals surface area contributed by atoms with Crippen LogP contribution in [0, 0.1) is 0 Å². The summed E-state index contributed by atoms with van der Waals surface area (Å²) in [7, 11) is 0. The Labute approximate surface area is 55.5 Å². The molecule has 0 unspecified atom stereocenters. The van der Waals surface area contributed by atoms with Gasteiger partial charge in [-0.25, -0.2) is 4.98 Å². The second-order valence-electron chi connectivity index (χ2n) is 1.68. The third kappa shape index (κ3) is 1.08. The molecule has 0 saturated carbocycles. The highest BCUT2D eigenvalue weighted by Gasteiger charge is 1.89. The van der Waals surface area contributed by atoms with Gasteiger partial charge in [-0.05, 0) is 12.1 Å². The average molecular weight is 122 g/mol. The van der Waals surface area contributed by atoms with E-state index in [1.54, 1.807) is 12.3 Å². The first-order chi connectivity index (χ1) is 4.34. The summed E-state index contributed by atoms with van der Waals surface area (Å²) >= 11 is 0. The number of nitrogens with zero attached hydrogens (tertiary/aromatic N) is 1. The van der Waals surface area contributed by atoms with Crippen LogP contribution >= 0.6 is 0 Å². The molecule has 0 aliphatic rings. The van der Waals surface area contributed by atoms with Crippen LogP contribution in [-0.4, -0.2) is 4.98 Å². The van der Waals surface area contributed by atoms with Crippen LogP contribution in [0.3, 0.4) is 0 Å². The van der Waals surface area contributed by atoms with Gasteiger partial charge in [0.1, 0.15) is 5.82 Å². The van der Waals surface area contributed by atoms with Crippen LogP contribution in [0.1, 0.15) is 6.99 Å². The van der Waals surface area contributed by atoms with Crippen LogP contribution < -0.4 is 5.73 Å². The van der Waals surface area contributed by atoms with Crippen LogP contribution in [0.2, 0.25) is 0 Å². The number of nitrogens with two attached hydrogens (primary N) is 1. The minimum absolute atomic E-state index is 0. The van der Waals surface area contributed by atoms with Gasteiger partial charge in [0, 0.05) is 13.2 Å². The van der Waals surface area contributed by atoms with Crippen LogP contribution in [0.4, 0.5) is 5.82 Å². The van der Waals surface area contributed by atoms with E-state index < -0.39 is 0 Å². The maximum atomic E-state index is 5.45. The third-order valence-electron chi connectivity index (χ3n) is 1.09. The molecule has 0 aliphatic carbocycles. The summed E-state index contributed by atoms with van der Waals surface area (Å²) in [6, 6.07) is 3.70. The molecule has 0 amide bonds. The monoisotopic (exact) mass is 122 g/mol. The SMILES string of the molecule is C=Cc1cccnc1N.[HH]. The molecule has 0 bridgehead atoms. The van der Waals surface area contributed by atoms with Gasteiger partial charge in [0.15, 0.2) is 0 Å². The molecule has 48 valence electrons. The summed E-state index contributed by atoms with van der Waals surface area (Å²) in [4.78, 5) is 3.86. The van der Waals surface area contributed by atoms with Gasteiger partial charge in [-0.2, -0.15) is 0 Å². The highest BCUT2D eigenvalue weighted by Crippen LogP contribution is 2.06. The Morgan fingerprint density at radius 3 is 3.00 bits per heavy atom. The summed E-state index contributed by atoms with van der Waals surface area (Å²) in [5.74, 6) is 0.535. The van der Waals surface area contributed by atoms with Crippen molar-refractivity contribution in [3.63, 3.8) is 0 Å². The second-order valence-corrected chi connectivity index (χ2v) is 1.68. The molecule has 0 saturated heterocycles.